The highest BCUT2D eigenvalue weighted by Crippen LogP contribution is 2.15. The van der Waals surface area contributed by atoms with Gasteiger partial charge in [0.25, 0.3) is 0 Å². The third-order valence-electron chi connectivity index (χ3n) is 3.38. The van der Waals surface area contributed by atoms with Crippen LogP contribution in [0.15, 0.2) is 24.3 Å². The number of hydrogen-bond acceptors (Lipinski definition) is 2. The maximum Gasteiger partial charge on any atom is 0.0446 e. The van der Waals surface area contributed by atoms with Gasteiger partial charge < -0.3 is 10.2 Å². The summed E-state index contributed by atoms with van der Waals surface area (Å²) in [7, 11) is 4.26. The molecule has 0 aliphatic rings. The van der Waals surface area contributed by atoms with Gasteiger partial charge in [0, 0.05) is 12.6 Å². The number of nitrogens with one attached hydrogen (secondary N) is 1. The Morgan fingerprint density at radius 1 is 1.28 bits per heavy atom. The molecule has 0 aromatic heterocycles. The lowest BCUT2D eigenvalue weighted by molar-refractivity contribution is 0.280. The maximum atomic E-state index is 3.42. The van der Waals surface area contributed by atoms with Crippen molar-refractivity contribution < 1.29 is 0 Å². The van der Waals surface area contributed by atoms with E-state index in [0.29, 0.717) is 6.04 Å². The Hall–Kier alpha value is -0.860. The molecular formula is C16H28N2. The number of hydrogen-bond donors (Lipinski definition) is 1. The molecule has 102 valence electrons. The van der Waals surface area contributed by atoms with E-state index in [4.69, 9.17) is 0 Å². The lowest BCUT2D eigenvalue weighted by Gasteiger charge is -2.25. The fourth-order valence-electron chi connectivity index (χ4n) is 2.13. The van der Waals surface area contributed by atoms with Gasteiger partial charge >= 0.3 is 0 Å². The zero-order chi connectivity index (χ0) is 13.5. The van der Waals surface area contributed by atoms with Gasteiger partial charge in [-0.1, -0.05) is 43.7 Å². The predicted octanol–water partition coefficient (Wildman–Crippen LogP) is 3.23. The van der Waals surface area contributed by atoms with Crippen LogP contribution in [0.25, 0.3) is 0 Å². The first kappa shape index (κ1) is 15.2. The predicted molar refractivity (Wildman–Crippen MR) is 79.9 cm³/mol. The third kappa shape index (κ3) is 5.19. The number of aryl methyl sites for hydroxylation is 1. The summed E-state index contributed by atoms with van der Waals surface area (Å²) < 4.78 is 0. The van der Waals surface area contributed by atoms with Gasteiger partial charge in [-0.2, -0.15) is 0 Å². The Kier molecular flexibility index (Phi) is 6.37. The van der Waals surface area contributed by atoms with E-state index in [2.05, 4.69) is 62.3 Å². The average Bonchev–Trinajstić information content (AvgIpc) is 2.33. The molecule has 0 saturated heterocycles. The fourth-order valence-corrected chi connectivity index (χ4v) is 2.13. The van der Waals surface area contributed by atoms with E-state index in [1.54, 1.807) is 0 Å². The second-order valence-corrected chi connectivity index (χ2v) is 5.70. The number of nitrogens with zero attached hydrogens (tertiary/aromatic N) is 1. The Balaban J connectivity index is 2.56. The van der Waals surface area contributed by atoms with Crippen molar-refractivity contribution in [3.05, 3.63) is 35.4 Å². The van der Waals surface area contributed by atoms with Crippen LogP contribution in [0.3, 0.4) is 0 Å². The number of likely N-dealkylation sites (N-methyl/N-ethyl adjacent to an activating group) is 2. The largest absolute Gasteiger partial charge is 0.312 e. The molecule has 0 radical (unpaired) electrons. The van der Waals surface area contributed by atoms with Gasteiger partial charge in [-0.15, -0.1) is 0 Å². The molecule has 0 aliphatic heterocycles. The maximum absolute atomic E-state index is 3.42. The van der Waals surface area contributed by atoms with Crippen molar-refractivity contribution >= 4 is 0 Å². The first-order valence-electron chi connectivity index (χ1n) is 6.95. The van der Waals surface area contributed by atoms with Crippen LogP contribution in [0.1, 0.15) is 37.4 Å². The van der Waals surface area contributed by atoms with E-state index in [1.165, 1.54) is 24.1 Å². The van der Waals surface area contributed by atoms with Crippen LogP contribution >= 0.6 is 0 Å². The van der Waals surface area contributed by atoms with E-state index in [0.717, 1.165) is 12.5 Å². The smallest absolute Gasteiger partial charge is 0.0446 e. The Morgan fingerprint density at radius 3 is 2.56 bits per heavy atom. The van der Waals surface area contributed by atoms with Crippen molar-refractivity contribution in [2.75, 3.05) is 27.2 Å². The zero-order valence-electron chi connectivity index (χ0n) is 12.5. The molecule has 1 atom stereocenters. The summed E-state index contributed by atoms with van der Waals surface area (Å²) in [6, 6.07) is 9.20. The molecule has 0 spiro atoms. The average molecular weight is 248 g/mol. The van der Waals surface area contributed by atoms with Gasteiger partial charge in [0.2, 0.25) is 0 Å². The summed E-state index contributed by atoms with van der Waals surface area (Å²) in [5.41, 5.74) is 2.71. The molecule has 0 heterocycles. The third-order valence-corrected chi connectivity index (χ3v) is 3.38. The SMILES string of the molecule is CNC(CN(C)CCC(C)C)c1cccc(C)c1. The normalized spacial score (nSPS) is 13.3. The van der Waals surface area contributed by atoms with Gasteiger partial charge in [0.15, 0.2) is 0 Å². The topological polar surface area (TPSA) is 15.3 Å². The van der Waals surface area contributed by atoms with E-state index < -0.39 is 0 Å². The van der Waals surface area contributed by atoms with Gasteiger partial charge in [0.05, 0.1) is 0 Å². The fraction of sp³-hybridized carbons (Fsp3) is 0.625. The standard InChI is InChI=1S/C16H28N2/c1-13(2)9-10-18(5)12-16(17-4)15-8-6-7-14(3)11-15/h6-8,11,13,16-17H,9-10,12H2,1-5H3. The van der Waals surface area contributed by atoms with Crippen LogP contribution in [-0.4, -0.2) is 32.1 Å². The highest BCUT2D eigenvalue weighted by Gasteiger charge is 2.12. The first-order chi connectivity index (χ1) is 8.52. The summed E-state index contributed by atoms with van der Waals surface area (Å²) in [5.74, 6) is 0.777. The van der Waals surface area contributed by atoms with Gasteiger partial charge in [0.1, 0.15) is 0 Å². The van der Waals surface area contributed by atoms with Crippen LogP contribution < -0.4 is 5.32 Å². The van der Waals surface area contributed by atoms with Crippen molar-refractivity contribution in [3.8, 4) is 0 Å². The van der Waals surface area contributed by atoms with E-state index in [-0.39, 0.29) is 0 Å². The molecule has 1 N–H and O–H groups in total. The summed E-state index contributed by atoms with van der Waals surface area (Å²) in [6.07, 6.45) is 1.26. The molecule has 0 fully saturated rings. The second kappa shape index (κ2) is 7.55. The monoisotopic (exact) mass is 248 g/mol. The summed E-state index contributed by atoms with van der Waals surface area (Å²) in [5, 5.41) is 3.42. The van der Waals surface area contributed by atoms with Crippen molar-refractivity contribution in [3.63, 3.8) is 0 Å². The number of benzene rings is 1. The Bertz CT molecular complexity index is 347. The van der Waals surface area contributed by atoms with Crippen LogP contribution in [0.4, 0.5) is 0 Å². The van der Waals surface area contributed by atoms with Gasteiger partial charge in [-0.05, 0) is 45.5 Å². The highest BCUT2D eigenvalue weighted by atomic mass is 15.1. The molecular weight excluding hydrogens is 220 g/mol. The quantitative estimate of drug-likeness (QED) is 0.797. The molecule has 2 nitrogen and oxygen atoms in total. The summed E-state index contributed by atoms with van der Waals surface area (Å²) in [6.45, 7) is 8.95. The van der Waals surface area contributed by atoms with Crippen LogP contribution in [0.5, 0.6) is 0 Å². The summed E-state index contributed by atoms with van der Waals surface area (Å²) in [4.78, 5) is 2.42. The van der Waals surface area contributed by atoms with E-state index in [1.807, 2.05) is 7.05 Å². The van der Waals surface area contributed by atoms with E-state index in [9.17, 15) is 0 Å². The lowest BCUT2D eigenvalue weighted by atomic mass is 10.0. The molecule has 1 unspecified atom stereocenters. The molecule has 2 heteroatoms. The molecule has 1 aromatic rings. The molecule has 1 aromatic carbocycles. The molecule has 1 rings (SSSR count). The summed E-state index contributed by atoms with van der Waals surface area (Å²) >= 11 is 0. The second-order valence-electron chi connectivity index (χ2n) is 5.70. The van der Waals surface area contributed by atoms with Gasteiger partial charge in [-0.3, -0.25) is 0 Å². The van der Waals surface area contributed by atoms with Gasteiger partial charge in [-0.25, -0.2) is 0 Å². The molecule has 0 amide bonds. The Morgan fingerprint density at radius 2 is 2.00 bits per heavy atom. The number of rotatable bonds is 7. The van der Waals surface area contributed by atoms with Crippen LogP contribution in [0.2, 0.25) is 0 Å². The van der Waals surface area contributed by atoms with Crippen LogP contribution in [0, 0.1) is 12.8 Å². The van der Waals surface area contributed by atoms with Crippen molar-refractivity contribution in [2.45, 2.75) is 33.2 Å². The minimum Gasteiger partial charge on any atom is -0.312 e. The van der Waals surface area contributed by atoms with Crippen molar-refractivity contribution in [1.29, 1.82) is 0 Å². The lowest BCUT2D eigenvalue weighted by Crippen LogP contribution is -2.32. The Labute approximate surface area is 112 Å². The highest BCUT2D eigenvalue weighted by molar-refractivity contribution is 5.25. The van der Waals surface area contributed by atoms with E-state index >= 15 is 0 Å². The molecule has 18 heavy (non-hydrogen) atoms. The minimum atomic E-state index is 0.419. The van der Waals surface area contributed by atoms with Crippen LogP contribution in [-0.2, 0) is 0 Å². The molecule has 0 aliphatic carbocycles. The molecule has 0 saturated carbocycles. The zero-order valence-corrected chi connectivity index (χ0v) is 12.5. The van der Waals surface area contributed by atoms with Crippen molar-refractivity contribution in [1.82, 2.24) is 10.2 Å². The first-order valence-corrected chi connectivity index (χ1v) is 6.95. The minimum absolute atomic E-state index is 0.419. The van der Waals surface area contributed by atoms with Crippen molar-refractivity contribution in [2.24, 2.45) is 5.92 Å². The molecule has 0 bridgehead atoms.